The van der Waals surface area contributed by atoms with Crippen LogP contribution in [0.15, 0.2) is 42.5 Å². The SMILES string of the molecule is Cc1cc(F)ccc1[C@@]1(C)NC(=N)N(C)C(=O)[C@@H]1c1ccc(C(F)(F)F)cc1. The number of benzene rings is 2. The number of amides is 1. The molecule has 1 saturated heterocycles. The molecular weight excluding hydrogens is 374 g/mol. The fourth-order valence-electron chi connectivity index (χ4n) is 3.73. The second-order valence-corrected chi connectivity index (χ2v) is 7.09. The van der Waals surface area contributed by atoms with E-state index in [1.54, 1.807) is 13.8 Å². The van der Waals surface area contributed by atoms with Crippen LogP contribution in [0.4, 0.5) is 17.6 Å². The van der Waals surface area contributed by atoms with Crippen LogP contribution in [-0.4, -0.2) is 23.8 Å². The molecule has 4 nitrogen and oxygen atoms in total. The van der Waals surface area contributed by atoms with Crippen LogP contribution in [0.2, 0.25) is 0 Å². The van der Waals surface area contributed by atoms with Crippen molar-refractivity contribution in [1.82, 2.24) is 10.2 Å². The number of halogens is 4. The van der Waals surface area contributed by atoms with Crippen LogP contribution in [0, 0.1) is 18.2 Å². The van der Waals surface area contributed by atoms with Gasteiger partial charge in [-0.1, -0.05) is 18.2 Å². The van der Waals surface area contributed by atoms with Gasteiger partial charge < -0.3 is 5.32 Å². The molecule has 0 radical (unpaired) electrons. The summed E-state index contributed by atoms with van der Waals surface area (Å²) in [6.45, 7) is 3.37. The Labute approximate surface area is 159 Å². The Kier molecular flexibility index (Phi) is 4.69. The van der Waals surface area contributed by atoms with Gasteiger partial charge in [-0.25, -0.2) is 4.39 Å². The lowest BCUT2D eigenvalue weighted by Gasteiger charge is -2.46. The van der Waals surface area contributed by atoms with E-state index < -0.39 is 34.9 Å². The van der Waals surface area contributed by atoms with Crippen molar-refractivity contribution in [3.8, 4) is 0 Å². The maximum absolute atomic E-state index is 13.6. The summed E-state index contributed by atoms with van der Waals surface area (Å²) in [7, 11) is 1.42. The summed E-state index contributed by atoms with van der Waals surface area (Å²) < 4.78 is 52.3. The van der Waals surface area contributed by atoms with Gasteiger partial charge in [-0.05, 0) is 54.8 Å². The van der Waals surface area contributed by atoms with Crippen molar-refractivity contribution in [2.24, 2.45) is 0 Å². The van der Waals surface area contributed by atoms with Gasteiger partial charge in [-0.15, -0.1) is 0 Å². The topological polar surface area (TPSA) is 56.2 Å². The second-order valence-electron chi connectivity index (χ2n) is 7.09. The first kappa shape index (κ1) is 19.9. The highest BCUT2D eigenvalue weighted by atomic mass is 19.4. The molecular formula is C20H19F4N3O. The molecule has 0 aromatic heterocycles. The standard InChI is InChI=1S/C20H19F4N3O/c1-11-10-14(21)8-9-15(11)19(2)16(17(28)27(3)18(25)26-19)12-4-6-13(7-5-12)20(22,23)24/h4-10,16H,1-3H3,(H2,25,26)/t16-,19+/m0/s1. The van der Waals surface area contributed by atoms with Crippen LogP contribution in [0.5, 0.6) is 0 Å². The quantitative estimate of drug-likeness (QED) is 0.754. The van der Waals surface area contributed by atoms with Gasteiger partial charge in [0.15, 0.2) is 5.96 Å². The summed E-state index contributed by atoms with van der Waals surface area (Å²) in [5, 5.41) is 11.1. The van der Waals surface area contributed by atoms with Crippen LogP contribution in [-0.2, 0) is 16.5 Å². The first-order chi connectivity index (χ1) is 12.9. The molecule has 2 atom stereocenters. The van der Waals surface area contributed by atoms with Crippen molar-refractivity contribution >= 4 is 11.9 Å². The largest absolute Gasteiger partial charge is 0.416 e. The average molecular weight is 393 g/mol. The third-order valence-corrected chi connectivity index (χ3v) is 5.19. The molecule has 148 valence electrons. The highest BCUT2D eigenvalue weighted by Gasteiger charge is 2.49. The summed E-state index contributed by atoms with van der Waals surface area (Å²) >= 11 is 0. The normalized spacial score (nSPS) is 23.0. The molecule has 1 fully saturated rings. The van der Waals surface area contributed by atoms with Crippen LogP contribution in [0.3, 0.4) is 0 Å². The molecule has 2 aromatic carbocycles. The molecule has 2 N–H and O–H groups in total. The van der Waals surface area contributed by atoms with Gasteiger partial charge in [0.1, 0.15) is 5.82 Å². The zero-order valence-corrected chi connectivity index (χ0v) is 15.5. The number of carbonyl (C=O) groups is 1. The van der Waals surface area contributed by atoms with Crippen LogP contribution in [0.1, 0.15) is 35.1 Å². The fraction of sp³-hybridized carbons (Fsp3) is 0.300. The Morgan fingerprint density at radius 3 is 2.29 bits per heavy atom. The Balaban J connectivity index is 2.16. The van der Waals surface area contributed by atoms with Crippen molar-refractivity contribution in [3.05, 3.63) is 70.5 Å². The minimum Gasteiger partial charge on any atom is -0.346 e. The molecule has 1 aliphatic rings. The molecule has 0 saturated carbocycles. The lowest BCUT2D eigenvalue weighted by Crippen LogP contribution is -2.62. The summed E-state index contributed by atoms with van der Waals surface area (Å²) in [5.41, 5.74) is -0.426. The molecule has 1 amide bonds. The van der Waals surface area contributed by atoms with Crippen molar-refractivity contribution < 1.29 is 22.4 Å². The Morgan fingerprint density at radius 2 is 1.75 bits per heavy atom. The van der Waals surface area contributed by atoms with E-state index in [1.807, 2.05) is 0 Å². The predicted molar refractivity (Wildman–Crippen MR) is 96.3 cm³/mol. The summed E-state index contributed by atoms with van der Waals surface area (Å²) in [6.07, 6.45) is -4.48. The number of nitrogens with one attached hydrogen (secondary N) is 2. The number of alkyl halides is 3. The third-order valence-electron chi connectivity index (χ3n) is 5.19. The smallest absolute Gasteiger partial charge is 0.346 e. The van der Waals surface area contributed by atoms with Crippen LogP contribution >= 0.6 is 0 Å². The highest BCUT2D eigenvalue weighted by Crippen LogP contribution is 2.42. The molecule has 1 heterocycles. The fourth-order valence-corrected chi connectivity index (χ4v) is 3.73. The van der Waals surface area contributed by atoms with Crippen LogP contribution < -0.4 is 5.32 Å². The first-order valence-corrected chi connectivity index (χ1v) is 8.53. The first-order valence-electron chi connectivity index (χ1n) is 8.53. The van der Waals surface area contributed by atoms with E-state index in [-0.39, 0.29) is 5.96 Å². The Morgan fingerprint density at radius 1 is 1.14 bits per heavy atom. The van der Waals surface area contributed by atoms with Gasteiger partial charge in [0.05, 0.1) is 17.0 Å². The molecule has 0 bridgehead atoms. The van der Waals surface area contributed by atoms with E-state index in [2.05, 4.69) is 5.32 Å². The van der Waals surface area contributed by atoms with Crippen molar-refractivity contribution in [1.29, 1.82) is 5.41 Å². The minimum absolute atomic E-state index is 0.139. The van der Waals surface area contributed by atoms with Gasteiger partial charge in [0.25, 0.3) is 0 Å². The number of aryl methyl sites for hydroxylation is 1. The Hall–Kier alpha value is -2.90. The van der Waals surface area contributed by atoms with Crippen molar-refractivity contribution in [2.75, 3.05) is 7.05 Å². The Bertz CT molecular complexity index is 939. The number of carbonyl (C=O) groups excluding carboxylic acids is 1. The number of nitrogens with zero attached hydrogens (tertiary/aromatic N) is 1. The predicted octanol–water partition coefficient (Wildman–Crippen LogP) is 4.15. The summed E-state index contributed by atoms with van der Waals surface area (Å²) in [5.74, 6) is -1.92. The number of hydrogen-bond acceptors (Lipinski definition) is 2. The van der Waals surface area contributed by atoms with E-state index >= 15 is 0 Å². The van der Waals surface area contributed by atoms with E-state index in [0.717, 1.165) is 17.0 Å². The third kappa shape index (κ3) is 3.23. The lowest BCUT2D eigenvalue weighted by atomic mass is 9.72. The van der Waals surface area contributed by atoms with Crippen molar-refractivity contribution in [2.45, 2.75) is 31.5 Å². The van der Waals surface area contributed by atoms with Gasteiger partial charge >= 0.3 is 6.18 Å². The van der Waals surface area contributed by atoms with E-state index in [0.29, 0.717) is 16.7 Å². The molecule has 28 heavy (non-hydrogen) atoms. The molecule has 2 aromatic rings. The van der Waals surface area contributed by atoms with Gasteiger partial charge in [-0.2, -0.15) is 13.2 Å². The average Bonchev–Trinajstić information content (AvgIpc) is 2.59. The van der Waals surface area contributed by atoms with Gasteiger partial charge in [-0.3, -0.25) is 15.1 Å². The number of rotatable bonds is 2. The summed E-state index contributed by atoms with van der Waals surface area (Å²) in [6, 6.07) is 8.51. The molecule has 0 aliphatic carbocycles. The van der Waals surface area contributed by atoms with E-state index in [4.69, 9.17) is 5.41 Å². The molecule has 0 unspecified atom stereocenters. The molecule has 8 heteroatoms. The number of likely N-dealkylation sites (N-methyl/N-ethyl adjacent to an activating group) is 1. The van der Waals surface area contributed by atoms with Crippen molar-refractivity contribution in [3.63, 3.8) is 0 Å². The monoisotopic (exact) mass is 393 g/mol. The second kappa shape index (κ2) is 6.61. The number of hydrogen-bond donors (Lipinski definition) is 2. The minimum atomic E-state index is -4.48. The zero-order valence-electron chi connectivity index (χ0n) is 15.5. The van der Waals surface area contributed by atoms with Gasteiger partial charge in [0, 0.05) is 7.05 Å². The zero-order chi connectivity index (χ0) is 20.9. The molecule has 3 rings (SSSR count). The summed E-state index contributed by atoms with van der Waals surface area (Å²) in [4.78, 5) is 14.1. The maximum Gasteiger partial charge on any atom is 0.416 e. The lowest BCUT2D eigenvalue weighted by molar-refractivity contribution is -0.137. The van der Waals surface area contributed by atoms with Crippen LogP contribution in [0.25, 0.3) is 0 Å². The number of guanidine groups is 1. The van der Waals surface area contributed by atoms with Gasteiger partial charge in [0.2, 0.25) is 5.91 Å². The maximum atomic E-state index is 13.6. The van der Waals surface area contributed by atoms with E-state index in [9.17, 15) is 22.4 Å². The molecule has 1 aliphatic heterocycles. The highest BCUT2D eigenvalue weighted by molar-refractivity contribution is 6.02. The molecule has 0 spiro atoms. The van der Waals surface area contributed by atoms with E-state index in [1.165, 1.54) is 37.4 Å².